The maximum atomic E-state index is 13.5. The van der Waals surface area contributed by atoms with Crippen LogP contribution in [0.25, 0.3) is 16.7 Å². The zero-order valence-electron chi connectivity index (χ0n) is 23.2. The molecule has 0 radical (unpaired) electrons. The third kappa shape index (κ3) is 6.68. The van der Waals surface area contributed by atoms with Crippen LogP contribution in [-0.2, 0) is 20.7 Å². The van der Waals surface area contributed by atoms with Gasteiger partial charge in [0.25, 0.3) is 0 Å². The second kappa shape index (κ2) is 12.9. The minimum atomic E-state index is -0.860. The number of carbonyl (C=O) groups is 3. The van der Waals surface area contributed by atoms with E-state index in [9.17, 15) is 14.4 Å². The fourth-order valence-corrected chi connectivity index (χ4v) is 5.83. The van der Waals surface area contributed by atoms with E-state index in [-0.39, 0.29) is 24.9 Å². The van der Waals surface area contributed by atoms with Gasteiger partial charge in [0.1, 0.15) is 12.6 Å². The Morgan fingerprint density at radius 2 is 1.49 bits per heavy atom. The van der Waals surface area contributed by atoms with Gasteiger partial charge in [-0.3, -0.25) is 9.59 Å². The van der Waals surface area contributed by atoms with E-state index in [2.05, 4.69) is 36.2 Å². The number of amides is 2. The lowest BCUT2D eigenvalue weighted by atomic mass is 9.98. The SMILES string of the molecule is C=C(CCC(=O)O)c1ccc(CC(NC(=O)OCC2c3ccccc3-c3ccccc32)C(=O)N2CCCCC2)cc1. The Morgan fingerprint density at radius 3 is 2.10 bits per heavy atom. The molecule has 1 unspecified atom stereocenters. The highest BCUT2D eigenvalue weighted by atomic mass is 16.5. The van der Waals surface area contributed by atoms with Gasteiger partial charge in [0.2, 0.25) is 5.91 Å². The van der Waals surface area contributed by atoms with Crippen LogP contribution >= 0.6 is 0 Å². The van der Waals surface area contributed by atoms with Crippen LogP contribution in [-0.4, -0.2) is 53.7 Å². The molecule has 2 amide bonds. The molecule has 1 atom stereocenters. The molecule has 0 aromatic heterocycles. The molecule has 2 aliphatic rings. The van der Waals surface area contributed by atoms with Crippen LogP contribution in [0.4, 0.5) is 4.79 Å². The third-order valence-corrected chi connectivity index (χ3v) is 8.04. The molecule has 0 bridgehead atoms. The monoisotopic (exact) mass is 552 g/mol. The molecule has 3 aromatic rings. The lowest BCUT2D eigenvalue weighted by Crippen LogP contribution is -2.51. The smallest absolute Gasteiger partial charge is 0.407 e. The van der Waals surface area contributed by atoms with Gasteiger partial charge in [-0.25, -0.2) is 4.79 Å². The summed E-state index contributed by atoms with van der Waals surface area (Å²) in [5.74, 6) is -1.03. The van der Waals surface area contributed by atoms with Crippen LogP contribution < -0.4 is 5.32 Å². The van der Waals surface area contributed by atoms with Crippen LogP contribution in [0.15, 0.2) is 79.4 Å². The highest BCUT2D eigenvalue weighted by molar-refractivity contribution is 5.86. The van der Waals surface area contributed by atoms with Gasteiger partial charge in [0, 0.05) is 31.8 Å². The molecule has 212 valence electrons. The fraction of sp³-hybridized carbons (Fsp3) is 0.324. The maximum Gasteiger partial charge on any atom is 0.407 e. The average molecular weight is 553 g/mol. The van der Waals surface area contributed by atoms with Crippen LogP contribution in [0, 0.1) is 0 Å². The number of alkyl carbamates (subject to hydrolysis) is 1. The summed E-state index contributed by atoms with van der Waals surface area (Å²) in [5.41, 5.74) is 7.07. The molecule has 41 heavy (non-hydrogen) atoms. The number of nitrogens with zero attached hydrogens (tertiary/aromatic N) is 1. The Bertz CT molecular complexity index is 1380. The van der Waals surface area contributed by atoms with Gasteiger partial charge in [-0.05, 0) is 64.6 Å². The molecule has 2 N–H and O–H groups in total. The molecule has 1 fully saturated rings. The van der Waals surface area contributed by atoms with Crippen molar-refractivity contribution >= 4 is 23.5 Å². The molecule has 3 aromatic carbocycles. The molecule has 1 aliphatic heterocycles. The Hall–Kier alpha value is -4.39. The summed E-state index contributed by atoms with van der Waals surface area (Å²) in [6.45, 7) is 5.55. The average Bonchev–Trinajstić information content (AvgIpc) is 3.32. The second-order valence-corrected chi connectivity index (χ2v) is 10.8. The number of aliphatic carboxylic acids is 1. The summed E-state index contributed by atoms with van der Waals surface area (Å²) in [6, 6.07) is 23.2. The van der Waals surface area contributed by atoms with Crippen LogP contribution in [0.2, 0.25) is 0 Å². The number of ether oxygens (including phenoxy) is 1. The summed E-state index contributed by atoms with van der Waals surface area (Å²) in [5, 5.41) is 11.8. The number of benzene rings is 3. The van der Waals surface area contributed by atoms with E-state index in [4.69, 9.17) is 9.84 Å². The Morgan fingerprint density at radius 1 is 0.878 bits per heavy atom. The maximum absolute atomic E-state index is 13.5. The molecular formula is C34H36N2O5. The van der Waals surface area contributed by atoms with Crippen LogP contribution in [0.1, 0.15) is 60.3 Å². The van der Waals surface area contributed by atoms with E-state index in [1.807, 2.05) is 53.4 Å². The molecule has 1 saturated heterocycles. The molecule has 1 aliphatic carbocycles. The number of likely N-dealkylation sites (tertiary alicyclic amines) is 1. The van der Waals surface area contributed by atoms with Crippen molar-refractivity contribution in [2.24, 2.45) is 0 Å². The number of hydrogen-bond donors (Lipinski definition) is 2. The normalized spacial score (nSPS) is 15.0. The van der Waals surface area contributed by atoms with Crippen molar-refractivity contribution in [3.05, 3.63) is 102 Å². The minimum Gasteiger partial charge on any atom is -0.481 e. The number of hydrogen-bond acceptors (Lipinski definition) is 4. The first-order valence-corrected chi connectivity index (χ1v) is 14.3. The first kappa shape index (κ1) is 28.1. The molecular weight excluding hydrogens is 516 g/mol. The second-order valence-electron chi connectivity index (χ2n) is 10.8. The number of rotatable bonds is 10. The highest BCUT2D eigenvalue weighted by Crippen LogP contribution is 2.44. The fourth-order valence-electron chi connectivity index (χ4n) is 5.83. The molecule has 1 heterocycles. The molecule has 5 rings (SSSR count). The van der Waals surface area contributed by atoms with Gasteiger partial charge < -0.3 is 20.1 Å². The van der Waals surface area contributed by atoms with E-state index >= 15 is 0 Å². The predicted molar refractivity (Wildman–Crippen MR) is 158 cm³/mol. The topological polar surface area (TPSA) is 95.9 Å². The molecule has 7 nitrogen and oxygen atoms in total. The Labute approximate surface area is 240 Å². The zero-order chi connectivity index (χ0) is 28.8. The minimum absolute atomic E-state index is 0.0249. The van der Waals surface area contributed by atoms with Crippen molar-refractivity contribution in [2.75, 3.05) is 19.7 Å². The van der Waals surface area contributed by atoms with Crippen molar-refractivity contribution in [3.8, 4) is 11.1 Å². The number of piperidine rings is 1. The van der Waals surface area contributed by atoms with Crippen molar-refractivity contribution in [3.63, 3.8) is 0 Å². The Balaban J connectivity index is 1.27. The van der Waals surface area contributed by atoms with Gasteiger partial charge in [0.15, 0.2) is 0 Å². The third-order valence-electron chi connectivity index (χ3n) is 8.04. The van der Waals surface area contributed by atoms with E-state index in [1.54, 1.807) is 0 Å². The quantitative estimate of drug-likeness (QED) is 0.320. The summed E-state index contributed by atoms with van der Waals surface area (Å²) < 4.78 is 5.76. The van der Waals surface area contributed by atoms with Gasteiger partial charge in [0.05, 0.1) is 0 Å². The van der Waals surface area contributed by atoms with E-state index in [0.29, 0.717) is 25.9 Å². The lowest BCUT2D eigenvalue weighted by Gasteiger charge is -2.30. The molecule has 0 saturated carbocycles. The number of carbonyl (C=O) groups excluding carboxylic acids is 2. The van der Waals surface area contributed by atoms with Gasteiger partial charge in [-0.15, -0.1) is 0 Å². The van der Waals surface area contributed by atoms with E-state index in [1.165, 1.54) is 0 Å². The van der Waals surface area contributed by atoms with Crippen LogP contribution in [0.5, 0.6) is 0 Å². The van der Waals surface area contributed by atoms with Crippen molar-refractivity contribution in [2.45, 2.75) is 50.5 Å². The first-order chi connectivity index (χ1) is 19.9. The lowest BCUT2D eigenvalue weighted by molar-refractivity contribution is -0.137. The van der Waals surface area contributed by atoms with Crippen LogP contribution in [0.3, 0.4) is 0 Å². The molecule has 7 heteroatoms. The van der Waals surface area contributed by atoms with E-state index < -0.39 is 18.1 Å². The summed E-state index contributed by atoms with van der Waals surface area (Å²) in [7, 11) is 0. The van der Waals surface area contributed by atoms with Crippen molar-refractivity contribution in [1.29, 1.82) is 0 Å². The largest absolute Gasteiger partial charge is 0.481 e. The molecule has 0 spiro atoms. The number of carboxylic acids is 1. The number of nitrogens with one attached hydrogen (secondary N) is 1. The summed E-state index contributed by atoms with van der Waals surface area (Å²) in [6.07, 6.45) is 3.11. The van der Waals surface area contributed by atoms with Gasteiger partial charge in [-0.1, -0.05) is 79.4 Å². The standard InChI is InChI=1S/C34H36N2O5/c1-23(13-18-32(37)38)25-16-14-24(15-17-25)21-31(33(39)36-19-7-2-8-20-36)35-34(40)41-22-30-28-11-5-3-9-26(28)27-10-4-6-12-29(27)30/h3-6,9-12,14-17,30-31H,1-2,7-8,13,18-22H2,(H,35,40)(H,37,38). The summed E-state index contributed by atoms with van der Waals surface area (Å²) in [4.78, 5) is 39.4. The predicted octanol–water partition coefficient (Wildman–Crippen LogP) is 6.03. The van der Waals surface area contributed by atoms with Gasteiger partial charge in [-0.2, -0.15) is 0 Å². The zero-order valence-corrected chi connectivity index (χ0v) is 23.2. The highest BCUT2D eigenvalue weighted by Gasteiger charge is 2.31. The number of fused-ring (bicyclic) bond motifs is 3. The Kier molecular flexibility index (Phi) is 8.82. The van der Waals surface area contributed by atoms with E-state index in [0.717, 1.165) is 58.2 Å². The van der Waals surface area contributed by atoms with Crippen molar-refractivity contribution in [1.82, 2.24) is 10.2 Å². The van der Waals surface area contributed by atoms with Crippen molar-refractivity contribution < 1.29 is 24.2 Å². The number of allylic oxidation sites excluding steroid dienone is 1. The number of carboxylic acid groups (broad SMARTS) is 1. The van der Waals surface area contributed by atoms with Gasteiger partial charge >= 0.3 is 12.1 Å². The first-order valence-electron chi connectivity index (χ1n) is 14.3. The summed E-state index contributed by atoms with van der Waals surface area (Å²) >= 11 is 0.